The van der Waals surface area contributed by atoms with E-state index in [1.807, 2.05) is 0 Å². The zero-order valence-electron chi connectivity index (χ0n) is 23.8. The van der Waals surface area contributed by atoms with Gasteiger partial charge in [-0.05, 0) is 41.4 Å². The number of hydrogen-bond acceptors (Lipinski definition) is 5. The number of ether oxygens (including phenoxy) is 2. The molecule has 154 valence electrons. The Bertz CT molecular complexity index is 1450. The second-order valence-corrected chi connectivity index (χ2v) is 5.78. The van der Waals surface area contributed by atoms with Crippen LogP contribution < -0.4 is 9.47 Å². The van der Waals surface area contributed by atoms with Crippen LogP contribution in [0.1, 0.15) is 28.5 Å². The van der Waals surface area contributed by atoms with E-state index < -0.39 is 78.5 Å². The van der Waals surface area contributed by atoms with Crippen molar-refractivity contribution >= 4 is 5.91 Å². The van der Waals surface area contributed by atoms with Crippen LogP contribution in [0.3, 0.4) is 0 Å². The Balaban J connectivity index is 1.81. The third-order valence-corrected chi connectivity index (χ3v) is 3.81. The maximum atomic E-state index is 13.5. The van der Waals surface area contributed by atoms with Crippen LogP contribution in [0.25, 0.3) is 11.1 Å². The van der Waals surface area contributed by atoms with Crippen LogP contribution in [0.15, 0.2) is 60.8 Å². The maximum Gasteiger partial charge on any atom is 0.573 e. The van der Waals surface area contributed by atoms with Crippen LogP contribution in [0.4, 0.5) is 13.2 Å². The number of aromatic nitrogens is 2. The van der Waals surface area contributed by atoms with Crippen LogP contribution >= 0.6 is 0 Å². The van der Waals surface area contributed by atoms with E-state index in [4.69, 9.17) is 17.1 Å². The second-order valence-electron chi connectivity index (χ2n) is 5.78. The van der Waals surface area contributed by atoms with Crippen LogP contribution in [0, 0.1) is 0 Å². The number of halogens is 3. The molecule has 0 saturated heterocycles. The Morgan fingerprint density at radius 2 is 1.90 bits per heavy atom. The van der Waals surface area contributed by atoms with E-state index in [-0.39, 0.29) is 30.0 Å². The molecule has 3 aromatic rings. The summed E-state index contributed by atoms with van der Waals surface area (Å²) in [5.41, 5.74) is -0.836. The number of alkyl halides is 3. The van der Waals surface area contributed by atoms with Crippen molar-refractivity contribution < 1.29 is 39.8 Å². The molecule has 0 aliphatic carbocycles. The Kier molecular flexibility index (Phi) is 3.08. The van der Waals surface area contributed by atoms with Crippen LogP contribution in [0.5, 0.6) is 11.5 Å². The molecule has 0 fully saturated rings. The van der Waals surface area contributed by atoms with Crippen molar-refractivity contribution in [2.75, 3.05) is 13.2 Å². The second kappa shape index (κ2) is 8.02. The Morgan fingerprint density at radius 1 is 1.17 bits per heavy atom. The van der Waals surface area contributed by atoms with E-state index in [0.29, 0.717) is 4.90 Å². The van der Waals surface area contributed by atoms with Gasteiger partial charge in [0.2, 0.25) is 0 Å². The molecule has 2 heterocycles. The fourth-order valence-electron chi connectivity index (χ4n) is 2.57. The number of rotatable bonds is 4. The maximum absolute atomic E-state index is 13.5. The molecule has 9 heteroatoms. The van der Waals surface area contributed by atoms with Crippen molar-refractivity contribution in [1.29, 1.82) is 0 Å². The smallest absolute Gasteiger partial charge is 0.491 e. The SMILES string of the molecule is [2H]c1nc(C([2H])([2H])N2CCOc3ccc(-c4c([2H])c([2H])c(OC(F)(F)F)c([2H])c4[2H])cc3C2=O)nc([2H])c1[2H]. The van der Waals surface area contributed by atoms with Gasteiger partial charge in [0, 0.05) is 12.3 Å². The van der Waals surface area contributed by atoms with Gasteiger partial charge < -0.3 is 14.4 Å². The summed E-state index contributed by atoms with van der Waals surface area (Å²) in [4.78, 5) is 21.4. The fraction of sp³-hybridized carbons (Fsp3) is 0.190. The van der Waals surface area contributed by atoms with Crippen LogP contribution in [-0.2, 0) is 6.50 Å². The monoisotopic (exact) mass is 424 g/mol. The van der Waals surface area contributed by atoms with Gasteiger partial charge in [-0.25, -0.2) is 9.97 Å². The first kappa shape index (κ1) is 11.5. The zero-order valence-corrected chi connectivity index (χ0v) is 14.8. The summed E-state index contributed by atoms with van der Waals surface area (Å²) < 4.78 is 119. The first-order chi connectivity index (χ1) is 18.0. The lowest BCUT2D eigenvalue weighted by molar-refractivity contribution is -0.274. The Hall–Kier alpha value is -3.62. The topological polar surface area (TPSA) is 64.6 Å². The van der Waals surface area contributed by atoms with Gasteiger partial charge >= 0.3 is 6.36 Å². The summed E-state index contributed by atoms with van der Waals surface area (Å²) in [6.07, 6.45) is -6.72. The summed E-state index contributed by atoms with van der Waals surface area (Å²) in [5, 5.41) is 0. The summed E-state index contributed by atoms with van der Waals surface area (Å²) in [7, 11) is 0. The molecule has 6 nitrogen and oxygen atoms in total. The van der Waals surface area contributed by atoms with Crippen molar-refractivity contribution in [3.8, 4) is 22.6 Å². The molecule has 0 spiro atoms. The predicted octanol–water partition coefficient (Wildman–Crippen LogP) is 4.08. The van der Waals surface area contributed by atoms with E-state index >= 15 is 0 Å². The molecule has 4 rings (SSSR count). The molecule has 2 aromatic carbocycles. The number of carbonyl (C=O) groups excluding carboxylic acids is 1. The lowest BCUT2D eigenvalue weighted by atomic mass is 10.0. The minimum Gasteiger partial charge on any atom is -0.491 e. The molecule has 1 aliphatic heterocycles. The standard InChI is InChI=1S/C21H16F3N3O3/c22-21(23,24)30-16-5-2-14(3-6-16)15-4-7-18-17(12-15)20(28)27(10-11-29-18)13-19-25-8-1-9-26-19/h1-9,12H,10-11,13H2/i1D,2D,3D,5D,6D,8D,9D,13D2. The van der Waals surface area contributed by atoms with Gasteiger partial charge in [-0.3, -0.25) is 4.79 Å². The van der Waals surface area contributed by atoms with Gasteiger partial charge in [0.15, 0.2) is 0 Å². The zero-order chi connectivity index (χ0) is 29.0. The molecule has 0 N–H and O–H groups in total. The highest BCUT2D eigenvalue weighted by Gasteiger charge is 2.31. The molecular formula is C21H16F3N3O3. The number of nitrogens with zero attached hydrogens (tertiary/aromatic N) is 3. The van der Waals surface area contributed by atoms with E-state index in [1.165, 1.54) is 12.1 Å². The number of hydrogen-bond donors (Lipinski definition) is 0. The van der Waals surface area contributed by atoms with Crippen molar-refractivity contribution in [1.82, 2.24) is 14.9 Å². The van der Waals surface area contributed by atoms with E-state index in [9.17, 15) is 18.0 Å². The predicted molar refractivity (Wildman–Crippen MR) is 101 cm³/mol. The van der Waals surface area contributed by atoms with Gasteiger partial charge in [0.25, 0.3) is 5.91 Å². The third kappa shape index (κ3) is 4.51. The van der Waals surface area contributed by atoms with Crippen LogP contribution in [0.2, 0.25) is 0 Å². The first-order valence-corrected chi connectivity index (χ1v) is 8.32. The molecular weight excluding hydrogens is 399 g/mol. The van der Waals surface area contributed by atoms with Crippen molar-refractivity contribution in [3.05, 3.63) is 72.1 Å². The van der Waals surface area contributed by atoms with Gasteiger partial charge in [-0.1, -0.05) is 18.2 Å². The minimum absolute atomic E-state index is 0.0286. The summed E-state index contributed by atoms with van der Waals surface area (Å²) in [6, 6.07) is -0.999. The average molecular weight is 424 g/mol. The highest BCUT2D eigenvalue weighted by atomic mass is 19.4. The molecule has 0 atom stereocenters. The lowest BCUT2D eigenvalue weighted by Crippen LogP contribution is -2.32. The number of benzene rings is 2. The molecule has 0 saturated carbocycles. The summed E-state index contributed by atoms with van der Waals surface area (Å²) in [5.74, 6) is -3.06. The summed E-state index contributed by atoms with van der Waals surface area (Å²) in [6.45, 7) is -3.33. The lowest BCUT2D eigenvalue weighted by Gasteiger charge is -2.19. The molecule has 1 amide bonds. The van der Waals surface area contributed by atoms with Gasteiger partial charge in [0.05, 0.1) is 30.9 Å². The Morgan fingerprint density at radius 3 is 2.60 bits per heavy atom. The van der Waals surface area contributed by atoms with Crippen molar-refractivity contribution in [3.63, 3.8) is 0 Å². The first-order valence-electron chi connectivity index (χ1n) is 12.8. The van der Waals surface area contributed by atoms with E-state index in [1.54, 1.807) is 0 Å². The molecule has 0 unspecified atom stereocenters. The van der Waals surface area contributed by atoms with Crippen molar-refractivity contribution in [2.24, 2.45) is 0 Å². The van der Waals surface area contributed by atoms with Crippen LogP contribution in [-0.4, -0.2) is 40.3 Å². The van der Waals surface area contributed by atoms with Gasteiger partial charge in [-0.15, -0.1) is 13.2 Å². The largest absolute Gasteiger partial charge is 0.573 e. The normalized spacial score (nSPS) is 18.7. The quantitative estimate of drug-likeness (QED) is 0.632. The number of carbonyl (C=O) groups is 1. The molecule has 1 aromatic heterocycles. The van der Waals surface area contributed by atoms with E-state index in [2.05, 4.69) is 14.7 Å². The van der Waals surface area contributed by atoms with Crippen molar-refractivity contribution in [2.45, 2.75) is 12.9 Å². The number of amides is 1. The third-order valence-electron chi connectivity index (χ3n) is 3.81. The number of fused-ring (bicyclic) bond motifs is 1. The molecule has 0 radical (unpaired) electrons. The highest BCUT2D eigenvalue weighted by Crippen LogP contribution is 2.31. The fourth-order valence-corrected chi connectivity index (χ4v) is 2.57. The Labute approximate surface area is 182 Å². The molecule has 1 aliphatic rings. The minimum atomic E-state index is -5.27. The van der Waals surface area contributed by atoms with Gasteiger partial charge in [-0.2, -0.15) is 0 Å². The van der Waals surface area contributed by atoms with Gasteiger partial charge in [0.1, 0.15) is 23.9 Å². The highest BCUT2D eigenvalue weighted by molar-refractivity contribution is 5.98. The average Bonchev–Trinajstić information content (AvgIpc) is 3.02. The molecule has 0 bridgehead atoms. The van der Waals surface area contributed by atoms with E-state index in [0.717, 1.165) is 6.07 Å². The summed E-state index contributed by atoms with van der Waals surface area (Å²) >= 11 is 0. The molecule has 30 heavy (non-hydrogen) atoms.